The normalized spacial score (nSPS) is 11.6. The minimum Gasteiger partial charge on any atom is -0.495 e. The zero-order valence-corrected chi connectivity index (χ0v) is 19.8. The number of carbonyl (C=O) groups excluding carboxylic acids is 1. The van der Waals surface area contributed by atoms with Gasteiger partial charge in [0.1, 0.15) is 5.75 Å². The number of nitriles is 1. The predicted molar refractivity (Wildman–Crippen MR) is 130 cm³/mol. The molecule has 0 saturated carbocycles. The summed E-state index contributed by atoms with van der Waals surface area (Å²) in [6.45, 7) is 1.85. The van der Waals surface area contributed by atoms with Crippen molar-refractivity contribution in [3.05, 3.63) is 87.6 Å². The number of rotatable bonds is 8. The average molecular weight is 489 g/mol. The minimum atomic E-state index is -0.683. The van der Waals surface area contributed by atoms with Crippen molar-refractivity contribution in [2.75, 3.05) is 7.11 Å². The molecule has 0 radical (unpaired) electrons. The van der Waals surface area contributed by atoms with E-state index in [1.54, 1.807) is 18.2 Å². The average Bonchev–Trinajstić information content (AvgIpc) is 3.40. The molecule has 0 fully saturated rings. The van der Waals surface area contributed by atoms with Gasteiger partial charge in [0.05, 0.1) is 31.0 Å². The molecule has 2 aromatic heterocycles. The van der Waals surface area contributed by atoms with Crippen LogP contribution in [-0.4, -0.2) is 27.6 Å². The van der Waals surface area contributed by atoms with Crippen LogP contribution >= 0.6 is 11.6 Å². The molecule has 2 heterocycles. The molecular weight excluding hydrogens is 468 g/mol. The van der Waals surface area contributed by atoms with E-state index in [1.807, 2.05) is 31.2 Å². The van der Waals surface area contributed by atoms with Gasteiger partial charge in [-0.25, -0.2) is 0 Å². The number of ketones is 1. The lowest BCUT2D eigenvalue weighted by molar-refractivity contribution is -0.121. The van der Waals surface area contributed by atoms with Gasteiger partial charge in [-0.3, -0.25) is 9.59 Å². The summed E-state index contributed by atoms with van der Waals surface area (Å²) in [7, 11) is 1.47. The Morgan fingerprint density at radius 3 is 2.60 bits per heavy atom. The third-order valence-electron chi connectivity index (χ3n) is 5.70. The molecule has 35 heavy (non-hydrogen) atoms. The summed E-state index contributed by atoms with van der Waals surface area (Å²) in [4.78, 5) is 30.3. The number of benzene rings is 2. The minimum absolute atomic E-state index is 0.114. The summed E-state index contributed by atoms with van der Waals surface area (Å²) in [6.07, 6.45) is 3.34. The number of hydrogen-bond donors (Lipinski definition) is 0. The molecule has 4 rings (SSSR count). The highest BCUT2D eigenvalue weighted by Gasteiger charge is 2.23. The molecule has 4 aromatic rings. The summed E-state index contributed by atoms with van der Waals surface area (Å²) in [5.74, 6) is 0.712. The molecular formula is C26H21ClN4O4. The molecule has 176 valence electrons. The van der Waals surface area contributed by atoms with E-state index in [-0.39, 0.29) is 17.8 Å². The van der Waals surface area contributed by atoms with E-state index in [9.17, 15) is 14.9 Å². The smallest absolute Gasteiger partial charge is 0.252 e. The van der Waals surface area contributed by atoms with Crippen molar-refractivity contribution in [1.29, 1.82) is 5.26 Å². The molecule has 0 spiro atoms. The number of hydrogen-bond acceptors (Lipinski definition) is 7. The summed E-state index contributed by atoms with van der Waals surface area (Å²) >= 11 is 6.13. The molecule has 9 heteroatoms. The highest BCUT2D eigenvalue weighted by Crippen LogP contribution is 2.33. The molecule has 0 amide bonds. The summed E-state index contributed by atoms with van der Waals surface area (Å²) in [6, 6.07) is 14.9. The van der Waals surface area contributed by atoms with Crippen molar-refractivity contribution >= 4 is 17.4 Å². The van der Waals surface area contributed by atoms with Crippen LogP contribution in [0, 0.1) is 11.3 Å². The van der Waals surface area contributed by atoms with Crippen molar-refractivity contribution in [1.82, 2.24) is 14.7 Å². The molecule has 2 aromatic carbocycles. The van der Waals surface area contributed by atoms with E-state index in [1.165, 1.54) is 30.3 Å². The zero-order valence-electron chi connectivity index (χ0n) is 19.1. The number of aromatic nitrogens is 3. The second-order valence-electron chi connectivity index (χ2n) is 7.82. The molecule has 0 aliphatic carbocycles. The van der Waals surface area contributed by atoms with Gasteiger partial charge in [0, 0.05) is 34.2 Å². The maximum absolute atomic E-state index is 13.2. The number of Topliss-reactive ketones (excluding diaryl/α,β-unsaturated/α-hetero) is 1. The van der Waals surface area contributed by atoms with Crippen LogP contribution in [0.4, 0.5) is 0 Å². The number of pyridine rings is 1. The Labute approximate surface area is 206 Å². The van der Waals surface area contributed by atoms with E-state index in [0.29, 0.717) is 39.7 Å². The predicted octanol–water partition coefficient (Wildman–Crippen LogP) is 4.86. The largest absolute Gasteiger partial charge is 0.495 e. The maximum Gasteiger partial charge on any atom is 0.252 e. The third kappa shape index (κ3) is 5.00. The first-order chi connectivity index (χ1) is 16.9. The number of nitrogens with zero attached hydrogens (tertiary/aromatic N) is 4. The van der Waals surface area contributed by atoms with E-state index in [0.717, 1.165) is 11.1 Å². The van der Waals surface area contributed by atoms with Gasteiger partial charge in [-0.2, -0.15) is 10.2 Å². The second-order valence-corrected chi connectivity index (χ2v) is 8.26. The molecule has 0 N–H and O–H groups in total. The van der Waals surface area contributed by atoms with E-state index in [2.05, 4.69) is 16.2 Å². The second kappa shape index (κ2) is 10.4. The molecule has 1 atom stereocenters. The first-order valence-electron chi connectivity index (χ1n) is 10.8. The van der Waals surface area contributed by atoms with Crippen molar-refractivity contribution < 1.29 is 14.1 Å². The van der Waals surface area contributed by atoms with Crippen LogP contribution in [0.5, 0.6) is 5.75 Å². The Morgan fingerprint density at radius 1 is 1.20 bits per heavy atom. The monoisotopic (exact) mass is 488 g/mol. The number of carbonyl (C=O) groups is 1. The van der Waals surface area contributed by atoms with Gasteiger partial charge in [0.15, 0.2) is 5.78 Å². The first-order valence-corrected chi connectivity index (χ1v) is 11.2. The van der Waals surface area contributed by atoms with Crippen LogP contribution in [0.25, 0.3) is 22.5 Å². The molecule has 0 aliphatic heterocycles. The van der Waals surface area contributed by atoms with Gasteiger partial charge < -0.3 is 13.8 Å². The van der Waals surface area contributed by atoms with Gasteiger partial charge in [-0.05, 0) is 30.2 Å². The van der Waals surface area contributed by atoms with Gasteiger partial charge in [-0.15, -0.1) is 0 Å². The van der Waals surface area contributed by atoms with Crippen molar-refractivity contribution in [2.45, 2.75) is 25.8 Å². The number of halogens is 1. The van der Waals surface area contributed by atoms with E-state index in [4.69, 9.17) is 20.9 Å². The van der Waals surface area contributed by atoms with E-state index < -0.39 is 6.04 Å². The Balaban J connectivity index is 1.64. The molecule has 0 bridgehead atoms. The van der Waals surface area contributed by atoms with Crippen LogP contribution in [0.15, 0.2) is 70.4 Å². The lowest BCUT2D eigenvalue weighted by atomic mass is 9.98. The Hall–Kier alpha value is -4.22. The van der Waals surface area contributed by atoms with E-state index >= 15 is 0 Å². The Morgan fingerprint density at radius 2 is 1.97 bits per heavy atom. The van der Waals surface area contributed by atoms with Gasteiger partial charge >= 0.3 is 0 Å². The van der Waals surface area contributed by atoms with Crippen LogP contribution in [0.3, 0.4) is 0 Å². The number of methoxy groups -OCH3 is 1. The molecule has 8 nitrogen and oxygen atoms in total. The highest BCUT2D eigenvalue weighted by molar-refractivity contribution is 6.31. The highest BCUT2D eigenvalue weighted by atomic mass is 35.5. The van der Waals surface area contributed by atoms with Crippen molar-refractivity contribution in [3.63, 3.8) is 0 Å². The fourth-order valence-corrected chi connectivity index (χ4v) is 4.12. The lowest BCUT2D eigenvalue weighted by Gasteiger charge is -2.20. The zero-order chi connectivity index (χ0) is 24.9. The quantitative estimate of drug-likeness (QED) is 0.348. The van der Waals surface area contributed by atoms with Crippen LogP contribution in [0.1, 0.15) is 30.5 Å². The standard InChI is InChI=1S/C26H21ClN4O4/c1-3-22(23(32)10-16-4-6-17(7-5-16)26-29-15-35-30-26)31-14-24(34-2)21(12-25(31)33)20-11-19(27)9-8-18(20)13-28/h4-9,11-12,14-15,22H,3,10H2,1-2H3. The molecule has 1 unspecified atom stereocenters. The first kappa shape index (κ1) is 23.9. The fourth-order valence-electron chi connectivity index (χ4n) is 3.95. The Bertz CT molecular complexity index is 1450. The van der Waals surface area contributed by atoms with Crippen LogP contribution in [-0.2, 0) is 11.2 Å². The fraction of sp³-hybridized carbons (Fsp3) is 0.192. The number of ether oxygens (including phenoxy) is 1. The lowest BCUT2D eigenvalue weighted by Crippen LogP contribution is -2.30. The third-order valence-corrected chi connectivity index (χ3v) is 5.94. The Kier molecular flexibility index (Phi) is 7.09. The van der Waals surface area contributed by atoms with Crippen LogP contribution in [0.2, 0.25) is 5.02 Å². The summed E-state index contributed by atoms with van der Waals surface area (Å²) in [5.41, 5.74) is 2.48. The molecule has 0 aliphatic rings. The van der Waals surface area contributed by atoms with Gasteiger partial charge in [0.25, 0.3) is 5.56 Å². The van der Waals surface area contributed by atoms with Gasteiger partial charge in [0.2, 0.25) is 12.2 Å². The van der Waals surface area contributed by atoms with Gasteiger partial charge in [-0.1, -0.05) is 47.9 Å². The topological polar surface area (TPSA) is 111 Å². The van der Waals surface area contributed by atoms with Crippen LogP contribution < -0.4 is 10.3 Å². The summed E-state index contributed by atoms with van der Waals surface area (Å²) < 4.78 is 11.7. The molecule has 0 saturated heterocycles. The SMILES string of the molecule is CCC(C(=O)Cc1ccc(-c2ncon2)cc1)n1cc(OC)c(-c2cc(Cl)ccc2C#N)cc1=O. The maximum atomic E-state index is 13.2. The van der Waals surface area contributed by atoms with Crippen molar-refractivity contribution in [3.8, 4) is 34.3 Å². The summed E-state index contributed by atoms with van der Waals surface area (Å²) in [5, 5.41) is 13.7. The van der Waals surface area contributed by atoms with Crippen molar-refractivity contribution in [2.24, 2.45) is 0 Å².